The van der Waals surface area contributed by atoms with Crippen LogP contribution in [-0.4, -0.2) is 28.4 Å². The second-order valence-corrected chi connectivity index (χ2v) is 5.48. The Morgan fingerprint density at radius 3 is 2.94 bits per heavy atom. The number of para-hydroxylation sites is 1. The largest absolute Gasteiger partial charge is 0.348 e. The molecule has 1 aromatic rings. The van der Waals surface area contributed by atoms with Gasteiger partial charge in [-0.1, -0.05) is 17.7 Å². The average Bonchev–Trinajstić information content (AvgIpc) is 2.80. The summed E-state index contributed by atoms with van der Waals surface area (Å²) < 4.78 is 0. The first kappa shape index (κ1) is 13.2. The molecule has 1 fully saturated rings. The van der Waals surface area contributed by atoms with Gasteiger partial charge < -0.3 is 5.32 Å². The molecule has 0 aliphatic carbocycles. The number of benzene rings is 1. The van der Waals surface area contributed by atoms with E-state index < -0.39 is 10.8 Å². The number of thioether (sulfide) groups is 1. The summed E-state index contributed by atoms with van der Waals surface area (Å²) in [5.41, 5.74) is -0.313. The standard InChI is InChI=1S/C11H11ClN2O3S/c12-9-3-1-2-8(10(9)14(16)17)11(15)13-7-4-5-18-6-7/h1-3,7H,4-6H2,(H,13,15). The number of nitrogens with one attached hydrogen (secondary N) is 1. The van der Waals surface area contributed by atoms with Crippen LogP contribution in [0, 0.1) is 10.1 Å². The van der Waals surface area contributed by atoms with E-state index in [1.54, 1.807) is 11.8 Å². The monoisotopic (exact) mass is 286 g/mol. The van der Waals surface area contributed by atoms with Crippen LogP contribution in [0.1, 0.15) is 16.8 Å². The Labute approximate surface area is 113 Å². The smallest absolute Gasteiger partial charge is 0.300 e. The van der Waals surface area contributed by atoms with Crippen LogP contribution < -0.4 is 5.32 Å². The highest BCUT2D eigenvalue weighted by Gasteiger charge is 2.26. The second kappa shape index (κ2) is 5.58. The van der Waals surface area contributed by atoms with Gasteiger partial charge in [0.15, 0.2) is 0 Å². The van der Waals surface area contributed by atoms with Crippen LogP contribution in [0.2, 0.25) is 5.02 Å². The Bertz CT molecular complexity index is 489. The summed E-state index contributed by atoms with van der Waals surface area (Å²) in [5, 5.41) is 13.7. The van der Waals surface area contributed by atoms with Gasteiger partial charge in [0.05, 0.1) is 4.92 Å². The van der Waals surface area contributed by atoms with Gasteiger partial charge in [0.2, 0.25) is 0 Å². The minimum atomic E-state index is -0.624. The zero-order chi connectivity index (χ0) is 13.1. The Hall–Kier alpha value is -1.27. The molecule has 0 aromatic heterocycles. The van der Waals surface area contributed by atoms with Gasteiger partial charge in [-0.25, -0.2) is 0 Å². The second-order valence-electron chi connectivity index (χ2n) is 3.93. The first-order valence-electron chi connectivity index (χ1n) is 5.41. The number of halogens is 1. The number of nitro groups is 1. The molecule has 0 saturated carbocycles. The van der Waals surface area contributed by atoms with E-state index in [0.717, 1.165) is 17.9 Å². The van der Waals surface area contributed by atoms with E-state index in [9.17, 15) is 14.9 Å². The highest BCUT2D eigenvalue weighted by molar-refractivity contribution is 7.99. The van der Waals surface area contributed by atoms with E-state index in [2.05, 4.69) is 5.32 Å². The summed E-state index contributed by atoms with van der Waals surface area (Å²) in [5.74, 6) is 1.42. The van der Waals surface area contributed by atoms with Crippen LogP contribution in [0.25, 0.3) is 0 Å². The number of nitrogens with zero attached hydrogens (tertiary/aromatic N) is 1. The van der Waals surface area contributed by atoms with Crippen LogP contribution in [0.3, 0.4) is 0 Å². The molecule has 0 radical (unpaired) electrons. The summed E-state index contributed by atoms with van der Waals surface area (Å²) >= 11 is 7.52. The van der Waals surface area contributed by atoms with Gasteiger partial charge in [0.1, 0.15) is 10.6 Å². The van der Waals surface area contributed by atoms with Crippen molar-refractivity contribution in [3.63, 3.8) is 0 Å². The normalized spacial score (nSPS) is 18.6. The van der Waals surface area contributed by atoms with Gasteiger partial charge in [-0.3, -0.25) is 14.9 Å². The molecule has 5 nitrogen and oxygen atoms in total. The van der Waals surface area contributed by atoms with Gasteiger partial charge in [0.25, 0.3) is 5.91 Å². The fourth-order valence-electron chi connectivity index (χ4n) is 1.80. The molecule has 1 N–H and O–H groups in total. The minimum absolute atomic E-state index is 0.0180. The summed E-state index contributed by atoms with van der Waals surface area (Å²) in [4.78, 5) is 22.3. The van der Waals surface area contributed by atoms with Crippen molar-refractivity contribution in [2.45, 2.75) is 12.5 Å². The van der Waals surface area contributed by atoms with E-state index in [1.165, 1.54) is 18.2 Å². The summed E-state index contributed by atoms with van der Waals surface area (Å²) in [6, 6.07) is 4.44. The van der Waals surface area contributed by atoms with Crippen molar-refractivity contribution in [1.82, 2.24) is 5.32 Å². The molecule has 0 bridgehead atoms. The van der Waals surface area contributed by atoms with Crippen molar-refractivity contribution in [2.75, 3.05) is 11.5 Å². The van der Waals surface area contributed by atoms with E-state index in [1.807, 2.05) is 0 Å². The topological polar surface area (TPSA) is 72.2 Å². The third kappa shape index (κ3) is 2.76. The predicted octanol–water partition coefficient (Wildman–Crippen LogP) is 2.48. The zero-order valence-electron chi connectivity index (χ0n) is 9.39. The number of carbonyl (C=O) groups excluding carboxylic acids is 1. The van der Waals surface area contributed by atoms with Crippen molar-refractivity contribution in [3.05, 3.63) is 38.9 Å². The molecule has 18 heavy (non-hydrogen) atoms. The van der Waals surface area contributed by atoms with Gasteiger partial charge >= 0.3 is 5.69 Å². The molecule has 2 rings (SSSR count). The van der Waals surface area contributed by atoms with Crippen LogP contribution >= 0.6 is 23.4 Å². The molecule has 7 heteroatoms. The first-order valence-corrected chi connectivity index (χ1v) is 6.94. The van der Waals surface area contributed by atoms with E-state index in [4.69, 9.17) is 11.6 Å². The molecule has 1 atom stereocenters. The number of nitro benzene ring substituents is 1. The Morgan fingerprint density at radius 1 is 1.56 bits per heavy atom. The van der Waals surface area contributed by atoms with Gasteiger partial charge in [-0.05, 0) is 24.3 Å². The van der Waals surface area contributed by atoms with Crippen LogP contribution in [-0.2, 0) is 0 Å². The fraction of sp³-hybridized carbons (Fsp3) is 0.364. The molecular formula is C11H11ClN2O3S. The lowest BCUT2D eigenvalue weighted by molar-refractivity contribution is -0.385. The Morgan fingerprint density at radius 2 is 2.33 bits per heavy atom. The van der Waals surface area contributed by atoms with Crippen LogP contribution in [0.5, 0.6) is 0 Å². The Kier molecular flexibility index (Phi) is 4.08. The van der Waals surface area contributed by atoms with Gasteiger partial charge in [-0.15, -0.1) is 0 Å². The van der Waals surface area contributed by atoms with Gasteiger partial charge in [-0.2, -0.15) is 11.8 Å². The van der Waals surface area contributed by atoms with E-state index in [0.29, 0.717) is 0 Å². The van der Waals surface area contributed by atoms with Crippen molar-refractivity contribution < 1.29 is 9.72 Å². The Balaban J connectivity index is 2.24. The zero-order valence-corrected chi connectivity index (χ0v) is 11.0. The predicted molar refractivity (Wildman–Crippen MR) is 71.3 cm³/mol. The van der Waals surface area contributed by atoms with Crippen molar-refractivity contribution in [3.8, 4) is 0 Å². The molecule has 1 aliphatic heterocycles. The molecular weight excluding hydrogens is 276 g/mol. The fourth-order valence-corrected chi connectivity index (χ4v) is 3.19. The molecule has 1 amide bonds. The number of hydrogen-bond acceptors (Lipinski definition) is 4. The van der Waals surface area contributed by atoms with Crippen molar-refractivity contribution in [1.29, 1.82) is 0 Å². The first-order chi connectivity index (χ1) is 8.59. The summed E-state index contributed by atoms with van der Waals surface area (Å²) in [7, 11) is 0. The van der Waals surface area contributed by atoms with Gasteiger partial charge in [0, 0.05) is 11.8 Å². The third-order valence-electron chi connectivity index (χ3n) is 2.68. The maximum absolute atomic E-state index is 12.0. The average molecular weight is 287 g/mol. The lowest BCUT2D eigenvalue weighted by Crippen LogP contribution is -2.34. The quantitative estimate of drug-likeness (QED) is 0.684. The van der Waals surface area contributed by atoms with Crippen molar-refractivity contribution >= 4 is 35.0 Å². The van der Waals surface area contributed by atoms with Crippen LogP contribution in [0.4, 0.5) is 5.69 Å². The third-order valence-corrected chi connectivity index (χ3v) is 4.15. The lowest BCUT2D eigenvalue weighted by atomic mass is 10.1. The highest BCUT2D eigenvalue weighted by atomic mass is 35.5. The number of hydrogen-bond donors (Lipinski definition) is 1. The maximum Gasteiger partial charge on any atom is 0.300 e. The van der Waals surface area contributed by atoms with Crippen molar-refractivity contribution in [2.24, 2.45) is 0 Å². The SMILES string of the molecule is O=C(NC1CCSC1)c1cccc(Cl)c1[N+](=O)[O-]. The molecule has 1 heterocycles. The minimum Gasteiger partial charge on any atom is -0.348 e. The van der Waals surface area contributed by atoms with E-state index >= 15 is 0 Å². The molecule has 96 valence electrons. The molecule has 1 aliphatic rings. The molecule has 1 saturated heterocycles. The summed E-state index contributed by atoms with van der Waals surface area (Å²) in [6.45, 7) is 0. The number of amides is 1. The lowest BCUT2D eigenvalue weighted by Gasteiger charge is -2.11. The van der Waals surface area contributed by atoms with E-state index in [-0.39, 0.29) is 22.3 Å². The molecule has 1 aromatic carbocycles. The number of carbonyl (C=O) groups is 1. The summed E-state index contributed by atoms with van der Waals surface area (Å²) in [6.07, 6.45) is 0.894. The highest BCUT2D eigenvalue weighted by Crippen LogP contribution is 2.28. The maximum atomic E-state index is 12.0. The number of rotatable bonds is 3. The van der Waals surface area contributed by atoms with Crippen LogP contribution in [0.15, 0.2) is 18.2 Å². The molecule has 0 spiro atoms. The molecule has 1 unspecified atom stereocenters.